The van der Waals surface area contributed by atoms with E-state index in [0.717, 1.165) is 31.2 Å². The normalized spacial score (nSPS) is 24.6. The van der Waals surface area contributed by atoms with Gasteiger partial charge in [-0.1, -0.05) is 30.3 Å². The van der Waals surface area contributed by atoms with E-state index in [1.807, 2.05) is 30.3 Å². The lowest BCUT2D eigenvalue weighted by Crippen LogP contribution is -2.39. The monoisotopic (exact) mass is 288 g/mol. The number of fused-ring (bicyclic) bond motifs is 1. The molecule has 0 spiro atoms. The molecule has 1 aromatic rings. The maximum Gasteiger partial charge on any atom is 0.377 e. The Morgan fingerprint density at radius 3 is 2.48 bits per heavy atom. The Labute approximate surface area is 124 Å². The Hall–Kier alpha value is -1.97. The molecule has 1 heterocycles. The molecule has 3 rings (SSSR count). The molecule has 0 saturated heterocycles. The van der Waals surface area contributed by atoms with Crippen molar-refractivity contribution in [3.8, 4) is 0 Å². The summed E-state index contributed by atoms with van der Waals surface area (Å²) >= 11 is 0. The number of carbonyl (C=O) groups is 1. The zero-order chi connectivity index (χ0) is 14.7. The number of benzene rings is 1. The van der Waals surface area contributed by atoms with Crippen molar-refractivity contribution in [1.29, 1.82) is 0 Å². The maximum atomic E-state index is 12.2. The summed E-state index contributed by atoms with van der Waals surface area (Å²) in [6.07, 6.45) is 4.15. The molecule has 112 valence electrons. The van der Waals surface area contributed by atoms with Gasteiger partial charge in [-0.2, -0.15) is 0 Å². The summed E-state index contributed by atoms with van der Waals surface area (Å²) in [6.45, 7) is 2.11. The average Bonchev–Trinajstić information content (AvgIpc) is 2.54. The van der Waals surface area contributed by atoms with Gasteiger partial charge >= 0.3 is 5.97 Å². The molecule has 1 saturated carbocycles. The van der Waals surface area contributed by atoms with Crippen molar-refractivity contribution in [1.82, 2.24) is 0 Å². The van der Waals surface area contributed by atoms with Crippen molar-refractivity contribution in [2.45, 2.75) is 44.8 Å². The van der Waals surface area contributed by atoms with E-state index in [0.29, 0.717) is 12.4 Å². The first-order valence-electron chi connectivity index (χ1n) is 7.59. The second-order valence-electron chi connectivity index (χ2n) is 5.34. The third-order valence-electron chi connectivity index (χ3n) is 3.88. The van der Waals surface area contributed by atoms with Crippen LogP contribution in [-0.2, 0) is 19.0 Å². The Bertz CT molecular complexity index is 535. The van der Waals surface area contributed by atoms with Crippen LogP contribution in [0.25, 0.3) is 5.76 Å². The molecule has 4 heteroatoms. The standard InChI is InChI=1S/C17H20O4/c1-2-19-17(18)16-15(12-8-4-3-5-9-12)20-13-10-6-7-11-14(13)21-16/h3-5,8-9,13-14H,2,6-7,10-11H2,1H3/t13-,14-/m0/s1. The molecule has 1 aliphatic heterocycles. The summed E-state index contributed by atoms with van der Waals surface area (Å²) in [6, 6.07) is 9.60. The van der Waals surface area contributed by atoms with Gasteiger partial charge in [0.2, 0.25) is 5.76 Å². The quantitative estimate of drug-likeness (QED) is 0.801. The summed E-state index contributed by atoms with van der Waals surface area (Å²) in [5, 5.41) is 0. The molecule has 1 aromatic carbocycles. The minimum atomic E-state index is -0.444. The summed E-state index contributed by atoms with van der Waals surface area (Å²) in [5.41, 5.74) is 0.851. The number of ether oxygens (including phenoxy) is 3. The molecule has 2 aliphatic rings. The van der Waals surface area contributed by atoms with E-state index in [2.05, 4.69) is 0 Å². The van der Waals surface area contributed by atoms with Gasteiger partial charge in [0.15, 0.2) is 5.76 Å². The van der Waals surface area contributed by atoms with Crippen LogP contribution in [0.3, 0.4) is 0 Å². The predicted octanol–water partition coefficient (Wildman–Crippen LogP) is 3.28. The first-order valence-corrected chi connectivity index (χ1v) is 7.59. The van der Waals surface area contributed by atoms with Gasteiger partial charge in [0, 0.05) is 5.56 Å². The van der Waals surface area contributed by atoms with Gasteiger partial charge in [0.25, 0.3) is 0 Å². The fourth-order valence-corrected chi connectivity index (χ4v) is 2.87. The lowest BCUT2D eigenvalue weighted by atomic mass is 9.93. The lowest BCUT2D eigenvalue weighted by Gasteiger charge is -2.37. The molecule has 21 heavy (non-hydrogen) atoms. The van der Waals surface area contributed by atoms with Crippen LogP contribution in [-0.4, -0.2) is 24.8 Å². The van der Waals surface area contributed by atoms with Gasteiger partial charge in [-0.05, 0) is 32.6 Å². The SMILES string of the molecule is CCOC(=O)C1=C(c2ccccc2)O[C@H]2CCCC[C@@H]2O1. The van der Waals surface area contributed by atoms with Crippen LogP contribution in [0.2, 0.25) is 0 Å². The number of carbonyl (C=O) groups excluding carboxylic acids is 1. The minimum Gasteiger partial charge on any atom is -0.482 e. The highest BCUT2D eigenvalue weighted by molar-refractivity contribution is 5.94. The van der Waals surface area contributed by atoms with E-state index in [1.54, 1.807) is 6.92 Å². The van der Waals surface area contributed by atoms with Gasteiger partial charge in [-0.25, -0.2) is 4.79 Å². The number of esters is 1. The van der Waals surface area contributed by atoms with Crippen LogP contribution in [0.4, 0.5) is 0 Å². The zero-order valence-corrected chi connectivity index (χ0v) is 12.2. The predicted molar refractivity (Wildman–Crippen MR) is 78.2 cm³/mol. The van der Waals surface area contributed by atoms with Crippen LogP contribution < -0.4 is 0 Å². The summed E-state index contributed by atoms with van der Waals surface area (Å²) < 4.78 is 17.2. The number of hydrogen-bond acceptors (Lipinski definition) is 4. The molecular formula is C17H20O4. The Morgan fingerprint density at radius 2 is 1.81 bits per heavy atom. The van der Waals surface area contributed by atoms with Crippen LogP contribution in [0.5, 0.6) is 0 Å². The maximum absolute atomic E-state index is 12.2. The van der Waals surface area contributed by atoms with Gasteiger partial charge in [0.05, 0.1) is 6.61 Å². The van der Waals surface area contributed by atoms with Gasteiger partial charge < -0.3 is 14.2 Å². The Morgan fingerprint density at radius 1 is 1.14 bits per heavy atom. The smallest absolute Gasteiger partial charge is 0.377 e. The van der Waals surface area contributed by atoms with Crippen molar-refractivity contribution < 1.29 is 19.0 Å². The highest BCUT2D eigenvalue weighted by atomic mass is 16.6. The number of rotatable bonds is 3. The van der Waals surface area contributed by atoms with Crippen molar-refractivity contribution in [3.63, 3.8) is 0 Å². The van der Waals surface area contributed by atoms with Gasteiger partial charge in [0.1, 0.15) is 12.2 Å². The molecule has 0 N–H and O–H groups in total. The number of hydrogen-bond donors (Lipinski definition) is 0. The fourth-order valence-electron chi connectivity index (χ4n) is 2.87. The molecule has 1 fully saturated rings. The molecule has 2 atom stereocenters. The molecular weight excluding hydrogens is 268 g/mol. The molecule has 4 nitrogen and oxygen atoms in total. The van der Waals surface area contributed by atoms with Crippen LogP contribution in [0.15, 0.2) is 36.1 Å². The van der Waals surface area contributed by atoms with E-state index in [1.165, 1.54) is 0 Å². The highest BCUT2D eigenvalue weighted by Crippen LogP contribution is 2.36. The summed E-state index contributed by atoms with van der Waals surface area (Å²) in [4.78, 5) is 12.2. The van der Waals surface area contributed by atoms with Crippen molar-refractivity contribution in [3.05, 3.63) is 41.7 Å². The highest BCUT2D eigenvalue weighted by Gasteiger charge is 2.38. The summed E-state index contributed by atoms with van der Waals surface area (Å²) in [7, 11) is 0. The molecule has 0 radical (unpaired) electrons. The molecule has 0 bridgehead atoms. The van der Waals surface area contributed by atoms with Crippen LogP contribution in [0.1, 0.15) is 38.2 Å². The van der Waals surface area contributed by atoms with E-state index in [-0.39, 0.29) is 18.0 Å². The fraction of sp³-hybridized carbons (Fsp3) is 0.471. The average molecular weight is 288 g/mol. The van der Waals surface area contributed by atoms with Crippen molar-refractivity contribution in [2.24, 2.45) is 0 Å². The third kappa shape index (κ3) is 2.89. The van der Waals surface area contributed by atoms with E-state index >= 15 is 0 Å². The first-order chi connectivity index (χ1) is 10.3. The lowest BCUT2D eigenvalue weighted by molar-refractivity contribution is -0.148. The molecule has 0 amide bonds. The molecule has 1 aliphatic carbocycles. The van der Waals surface area contributed by atoms with Gasteiger partial charge in [-0.3, -0.25) is 0 Å². The third-order valence-corrected chi connectivity index (χ3v) is 3.88. The Kier molecular flexibility index (Phi) is 4.13. The molecule has 0 aromatic heterocycles. The minimum absolute atomic E-state index is 0.0344. The van der Waals surface area contributed by atoms with E-state index in [9.17, 15) is 4.79 Å². The van der Waals surface area contributed by atoms with Crippen molar-refractivity contribution >= 4 is 11.7 Å². The Balaban J connectivity index is 1.97. The summed E-state index contributed by atoms with van der Waals surface area (Å²) in [5.74, 6) is 0.281. The van der Waals surface area contributed by atoms with Crippen LogP contribution in [0, 0.1) is 0 Å². The first kappa shape index (κ1) is 14.0. The zero-order valence-electron chi connectivity index (χ0n) is 12.2. The topological polar surface area (TPSA) is 44.8 Å². The molecule has 0 unspecified atom stereocenters. The van der Waals surface area contributed by atoms with Crippen LogP contribution >= 0.6 is 0 Å². The second kappa shape index (κ2) is 6.20. The van der Waals surface area contributed by atoms with Crippen molar-refractivity contribution in [2.75, 3.05) is 6.61 Å². The second-order valence-corrected chi connectivity index (χ2v) is 5.34. The van der Waals surface area contributed by atoms with E-state index in [4.69, 9.17) is 14.2 Å². The van der Waals surface area contributed by atoms with E-state index < -0.39 is 5.97 Å². The largest absolute Gasteiger partial charge is 0.482 e. The van der Waals surface area contributed by atoms with Gasteiger partial charge in [-0.15, -0.1) is 0 Å².